The van der Waals surface area contributed by atoms with Crippen molar-refractivity contribution >= 4 is 34.6 Å². The van der Waals surface area contributed by atoms with Crippen LogP contribution in [0, 0.1) is 0 Å². The number of carbonyl (C=O) groups is 1. The van der Waals surface area contributed by atoms with E-state index in [-0.39, 0.29) is 12.1 Å². The first kappa shape index (κ1) is 18.8. The van der Waals surface area contributed by atoms with Gasteiger partial charge in [0.25, 0.3) is 0 Å². The first-order chi connectivity index (χ1) is 15.2. The van der Waals surface area contributed by atoms with E-state index in [4.69, 9.17) is 4.74 Å². The molecule has 1 aromatic carbocycles. The molecule has 31 heavy (non-hydrogen) atoms. The summed E-state index contributed by atoms with van der Waals surface area (Å²) in [5.41, 5.74) is 1.68. The van der Waals surface area contributed by atoms with Crippen molar-refractivity contribution in [3.05, 3.63) is 55.1 Å². The predicted octanol–water partition coefficient (Wildman–Crippen LogP) is 3.52. The third-order valence-electron chi connectivity index (χ3n) is 4.73. The van der Waals surface area contributed by atoms with Gasteiger partial charge in [0.05, 0.1) is 0 Å². The molecule has 0 aliphatic heterocycles. The number of rotatable bonds is 6. The molecule has 1 saturated carbocycles. The quantitative estimate of drug-likeness (QED) is 0.437. The molecule has 156 valence electrons. The highest BCUT2D eigenvalue weighted by molar-refractivity contribution is 5.92. The normalized spacial score (nSPS) is 13.1. The molecule has 1 fully saturated rings. The molecule has 4 aromatic rings. The number of amides is 1. The first-order valence-electron chi connectivity index (χ1n) is 9.88. The van der Waals surface area contributed by atoms with Gasteiger partial charge < -0.3 is 20.7 Å². The summed E-state index contributed by atoms with van der Waals surface area (Å²) in [6, 6.07) is 11.0. The minimum absolute atomic E-state index is 0.233. The fourth-order valence-corrected chi connectivity index (χ4v) is 3.06. The largest absolute Gasteiger partial charge is 0.457 e. The number of hydrogen-bond acceptors (Lipinski definition) is 8. The Bertz CT molecular complexity index is 1240. The molecular formula is C21H20N8O2. The Morgan fingerprint density at radius 2 is 1.97 bits per heavy atom. The average molecular weight is 416 g/mol. The van der Waals surface area contributed by atoms with Crippen molar-refractivity contribution in [1.29, 1.82) is 0 Å². The molecule has 0 spiro atoms. The van der Waals surface area contributed by atoms with Gasteiger partial charge in [-0.15, -0.1) is 0 Å². The second-order valence-corrected chi connectivity index (χ2v) is 7.09. The van der Waals surface area contributed by atoms with Crippen molar-refractivity contribution in [2.75, 3.05) is 17.7 Å². The Morgan fingerprint density at radius 3 is 2.74 bits per heavy atom. The maximum Gasteiger partial charge on any atom is 0.328 e. The van der Waals surface area contributed by atoms with Crippen molar-refractivity contribution in [2.45, 2.75) is 18.9 Å². The Morgan fingerprint density at radius 1 is 1.13 bits per heavy atom. The van der Waals surface area contributed by atoms with Gasteiger partial charge in [-0.25, -0.2) is 14.3 Å². The van der Waals surface area contributed by atoms with Gasteiger partial charge in [0, 0.05) is 37.2 Å². The smallest absolute Gasteiger partial charge is 0.328 e. The van der Waals surface area contributed by atoms with Crippen LogP contribution in [0.5, 0.6) is 11.5 Å². The molecule has 0 saturated heterocycles. The number of ether oxygens (including phenoxy) is 1. The third kappa shape index (κ3) is 4.08. The third-order valence-corrected chi connectivity index (χ3v) is 4.73. The summed E-state index contributed by atoms with van der Waals surface area (Å²) >= 11 is 0. The van der Waals surface area contributed by atoms with Gasteiger partial charge in [0.15, 0.2) is 17.0 Å². The zero-order valence-corrected chi connectivity index (χ0v) is 16.7. The molecule has 3 heterocycles. The number of aromatic nitrogens is 5. The van der Waals surface area contributed by atoms with Gasteiger partial charge in [0.2, 0.25) is 5.95 Å². The maximum atomic E-state index is 12.5. The van der Waals surface area contributed by atoms with Crippen LogP contribution in [0.4, 0.5) is 22.2 Å². The molecule has 0 unspecified atom stereocenters. The molecule has 0 atom stereocenters. The van der Waals surface area contributed by atoms with Crippen LogP contribution in [0.3, 0.4) is 0 Å². The lowest BCUT2D eigenvalue weighted by Gasteiger charge is -2.10. The summed E-state index contributed by atoms with van der Waals surface area (Å²) in [5.74, 6) is 2.20. The highest BCUT2D eigenvalue weighted by atomic mass is 16.5. The Balaban J connectivity index is 1.43. The first-order valence-corrected chi connectivity index (χ1v) is 9.88. The molecule has 1 aliphatic carbocycles. The van der Waals surface area contributed by atoms with Crippen molar-refractivity contribution < 1.29 is 9.53 Å². The van der Waals surface area contributed by atoms with E-state index in [0.29, 0.717) is 34.4 Å². The standard InChI is InChI=1S/C21H20N8O2/c1-22-18-17-19(29(12-24-17)21(30)26-13-5-6-13)28-20(27-18)25-14-3-2-4-16(11-14)31-15-7-9-23-10-8-15/h2-4,7-13H,5-6H2,1H3,(H,26,30)(H2,22,25,27,28). The van der Waals surface area contributed by atoms with Crippen LogP contribution in [0.15, 0.2) is 55.1 Å². The van der Waals surface area contributed by atoms with Gasteiger partial charge in [-0.1, -0.05) is 6.07 Å². The second kappa shape index (κ2) is 7.90. The number of imidazole rings is 1. The average Bonchev–Trinajstić information content (AvgIpc) is 3.49. The topological polar surface area (TPSA) is 119 Å². The van der Waals surface area contributed by atoms with E-state index in [1.165, 1.54) is 10.9 Å². The van der Waals surface area contributed by atoms with Crippen LogP contribution < -0.4 is 20.7 Å². The van der Waals surface area contributed by atoms with E-state index < -0.39 is 0 Å². The summed E-state index contributed by atoms with van der Waals surface area (Å²) in [6.07, 6.45) is 6.80. The Hall–Kier alpha value is -4.21. The van der Waals surface area contributed by atoms with E-state index in [1.54, 1.807) is 31.6 Å². The summed E-state index contributed by atoms with van der Waals surface area (Å²) in [6.45, 7) is 0. The minimum Gasteiger partial charge on any atom is -0.457 e. The number of fused-ring (bicyclic) bond motifs is 1. The van der Waals surface area contributed by atoms with Crippen LogP contribution in [-0.2, 0) is 0 Å². The van der Waals surface area contributed by atoms with E-state index in [9.17, 15) is 4.79 Å². The van der Waals surface area contributed by atoms with E-state index in [1.807, 2.05) is 24.3 Å². The zero-order chi connectivity index (χ0) is 21.2. The molecule has 10 heteroatoms. The molecule has 10 nitrogen and oxygen atoms in total. The fraction of sp³-hybridized carbons (Fsp3) is 0.190. The van der Waals surface area contributed by atoms with E-state index in [0.717, 1.165) is 18.5 Å². The van der Waals surface area contributed by atoms with Gasteiger partial charge in [-0.05, 0) is 37.1 Å². The molecule has 3 aromatic heterocycles. The molecule has 0 radical (unpaired) electrons. The molecule has 0 bridgehead atoms. The lowest BCUT2D eigenvalue weighted by atomic mass is 10.3. The number of anilines is 3. The summed E-state index contributed by atoms with van der Waals surface area (Å²) in [7, 11) is 1.75. The van der Waals surface area contributed by atoms with Crippen LogP contribution in [0.25, 0.3) is 11.2 Å². The van der Waals surface area contributed by atoms with Crippen LogP contribution in [-0.4, -0.2) is 43.6 Å². The van der Waals surface area contributed by atoms with Crippen LogP contribution >= 0.6 is 0 Å². The summed E-state index contributed by atoms with van der Waals surface area (Å²) in [4.78, 5) is 29.9. The Labute approximate surface area is 177 Å². The number of pyridine rings is 1. The lowest BCUT2D eigenvalue weighted by molar-refractivity contribution is 0.242. The number of hydrogen-bond donors (Lipinski definition) is 3. The SMILES string of the molecule is CNc1nc(Nc2cccc(Oc3ccncc3)c2)nc2c1ncn2C(=O)NC1CC1. The van der Waals surface area contributed by atoms with Gasteiger partial charge in [0.1, 0.15) is 17.8 Å². The van der Waals surface area contributed by atoms with E-state index in [2.05, 4.69) is 35.9 Å². The van der Waals surface area contributed by atoms with Crippen molar-refractivity contribution in [1.82, 2.24) is 29.8 Å². The molecular weight excluding hydrogens is 396 g/mol. The lowest BCUT2D eigenvalue weighted by Crippen LogP contribution is -2.30. The van der Waals surface area contributed by atoms with Gasteiger partial charge >= 0.3 is 6.03 Å². The monoisotopic (exact) mass is 416 g/mol. The van der Waals surface area contributed by atoms with Gasteiger partial charge in [-0.3, -0.25) is 4.98 Å². The fourth-order valence-electron chi connectivity index (χ4n) is 3.06. The van der Waals surface area contributed by atoms with Crippen LogP contribution in [0.2, 0.25) is 0 Å². The second-order valence-electron chi connectivity index (χ2n) is 7.09. The van der Waals surface area contributed by atoms with Crippen molar-refractivity contribution in [3.63, 3.8) is 0 Å². The predicted molar refractivity (Wildman–Crippen MR) is 116 cm³/mol. The van der Waals surface area contributed by atoms with Crippen molar-refractivity contribution in [2.24, 2.45) is 0 Å². The number of benzene rings is 1. The van der Waals surface area contributed by atoms with Gasteiger partial charge in [-0.2, -0.15) is 9.97 Å². The molecule has 5 rings (SSSR count). The summed E-state index contributed by atoms with van der Waals surface area (Å²) < 4.78 is 7.26. The van der Waals surface area contributed by atoms with Crippen LogP contribution in [0.1, 0.15) is 12.8 Å². The zero-order valence-electron chi connectivity index (χ0n) is 16.7. The molecule has 3 N–H and O–H groups in total. The Kier molecular flexibility index (Phi) is 4.79. The number of nitrogens with zero attached hydrogens (tertiary/aromatic N) is 5. The molecule has 1 aliphatic rings. The highest BCUT2D eigenvalue weighted by Crippen LogP contribution is 2.27. The minimum atomic E-state index is -0.246. The van der Waals surface area contributed by atoms with Crippen molar-refractivity contribution in [3.8, 4) is 11.5 Å². The highest BCUT2D eigenvalue weighted by Gasteiger charge is 2.25. The number of nitrogens with one attached hydrogen (secondary N) is 3. The molecule has 1 amide bonds. The van der Waals surface area contributed by atoms with E-state index >= 15 is 0 Å². The maximum absolute atomic E-state index is 12.5. The number of carbonyl (C=O) groups excluding carboxylic acids is 1. The summed E-state index contributed by atoms with van der Waals surface area (Å²) in [5, 5.41) is 9.14.